The molecule has 0 spiro atoms. The zero-order chi connectivity index (χ0) is 22.8. The van der Waals surface area contributed by atoms with E-state index in [1.54, 1.807) is 73.5 Å². The SMILES string of the molecule is CN(C)C(=O)c1ccc(Cl)c(NC(=O)c2cnn(-c3ccccc3F)c2-n2cccc2)c1. The van der Waals surface area contributed by atoms with Crippen LogP contribution in [0.4, 0.5) is 10.1 Å². The maximum absolute atomic E-state index is 14.5. The highest BCUT2D eigenvalue weighted by Crippen LogP contribution is 2.26. The maximum atomic E-state index is 14.5. The van der Waals surface area contributed by atoms with Gasteiger partial charge in [0.1, 0.15) is 17.1 Å². The Labute approximate surface area is 188 Å². The number of carbonyl (C=O) groups excluding carboxylic acids is 2. The van der Waals surface area contributed by atoms with Crippen molar-refractivity contribution in [3.63, 3.8) is 0 Å². The van der Waals surface area contributed by atoms with E-state index in [4.69, 9.17) is 11.6 Å². The summed E-state index contributed by atoms with van der Waals surface area (Å²) >= 11 is 6.26. The Morgan fingerprint density at radius 2 is 1.78 bits per heavy atom. The Bertz CT molecular complexity index is 1300. The molecule has 162 valence electrons. The van der Waals surface area contributed by atoms with Gasteiger partial charge in [-0.05, 0) is 42.5 Å². The Kier molecular flexibility index (Phi) is 5.79. The quantitative estimate of drug-likeness (QED) is 0.488. The van der Waals surface area contributed by atoms with E-state index in [0.29, 0.717) is 11.4 Å². The van der Waals surface area contributed by atoms with Gasteiger partial charge < -0.3 is 14.8 Å². The van der Waals surface area contributed by atoms with Gasteiger partial charge >= 0.3 is 0 Å². The van der Waals surface area contributed by atoms with Crippen LogP contribution in [0.15, 0.2) is 73.2 Å². The average molecular weight is 452 g/mol. The molecule has 4 rings (SSSR count). The first-order valence-corrected chi connectivity index (χ1v) is 10.0. The van der Waals surface area contributed by atoms with Gasteiger partial charge in [-0.3, -0.25) is 9.59 Å². The molecule has 9 heteroatoms. The lowest BCUT2D eigenvalue weighted by Gasteiger charge is -2.14. The van der Waals surface area contributed by atoms with Crippen LogP contribution in [-0.2, 0) is 0 Å². The molecule has 0 saturated heterocycles. The number of para-hydroxylation sites is 1. The monoisotopic (exact) mass is 451 g/mol. The highest BCUT2D eigenvalue weighted by molar-refractivity contribution is 6.34. The minimum Gasteiger partial charge on any atom is -0.345 e. The second kappa shape index (κ2) is 8.68. The van der Waals surface area contributed by atoms with Crippen LogP contribution in [0.3, 0.4) is 0 Å². The first kappa shape index (κ1) is 21.3. The number of rotatable bonds is 5. The van der Waals surface area contributed by atoms with Crippen molar-refractivity contribution in [2.75, 3.05) is 19.4 Å². The van der Waals surface area contributed by atoms with Crippen molar-refractivity contribution in [1.29, 1.82) is 0 Å². The molecule has 0 bridgehead atoms. The van der Waals surface area contributed by atoms with Crippen LogP contribution in [0, 0.1) is 5.82 Å². The zero-order valence-electron chi connectivity index (χ0n) is 17.3. The van der Waals surface area contributed by atoms with E-state index in [1.807, 2.05) is 0 Å². The summed E-state index contributed by atoms with van der Waals surface area (Å²) in [4.78, 5) is 26.9. The fourth-order valence-corrected chi connectivity index (χ4v) is 3.39. The molecule has 0 unspecified atom stereocenters. The normalized spacial score (nSPS) is 10.8. The Morgan fingerprint density at radius 3 is 2.47 bits per heavy atom. The lowest BCUT2D eigenvalue weighted by Crippen LogP contribution is -2.22. The van der Waals surface area contributed by atoms with E-state index in [0.717, 1.165) is 0 Å². The summed E-state index contributed by atoms with van der Waals surface area (Å²) in [5.74, 6) is -0.853. The van der Waals surface area contributed by atoms with E-state index in [9.17, 15) is 14.0 Å². The van der Waals surface area contributed by atoms with Crippen molar-refractivity contribution < 1.29 is 14.0 Å². The number of nitrogens with zero attached hydrogens (tertiary/aromatic N) is 4. The Hall–Kier alpha value is -3.91. The lowest BCUT2D eigenvalue weighted by molar-refractivity contribution is 0.0827. The maximum Gasteiger partial charge on any atom is 0.261 e. The van der Waals surface area contributed by atoms with Crippen molar-refractivity contribution in [3.8, 4) is 11.5 Å². The molecule has 0 aliphatic rings. The lowest BCUT2D eigenvalue weighted by atomic mass is 10.1. The van der Waals surface area contributed by atoms with E-state index < -0.39 is 11.7 Å². The molecule has 4 aromatic rings. The van der Waals surface area contributed by atoms with Crippen molar-refractivity contribution in [2.24, 2.45) is 0 Å². The highest BCUT2D eigenvalue weighted by atomic mass is 35.5. The van der Waals surface area contributed by atoms with Gasteiger partial charge in [-0.1, -0.05) is 23.7 Å². The van der Waals surface area contributed by atoms with Gasteiger partial charge in [-0.2, -0.15) is 5.10 Å². The third-order valence-corrected chi connectivity index (χ3v) is 5.12. The molecular formula is C23H19ClFN5O2. The van der Waals surface area contributed by atoms with E-state index >= 15 is 0 Å². The summed E-state index contributed by atoms with van der Waals surface area (Å²) in [6.07, 6.45) is 4.82. The number of carbonyl (C=O) groups is 2. The standard InChI is InChI=1S/C23H19ClFN5O2/c1-28(2)23(32)15-9-10-17(24)19(13-15)27-21(31)16-14-26-30(20-8-4-3-7-18(20)25)22(16)29-11-5-6-12-29/h3-14H,1-2H3,(H,27,31). The van der Waals surface area contributed by atoms with Gasteiger partial charge in [0.2, 0.25) is 0 Å². The number of amides is 2. The molecule has 2 aromatic carbocycles. The summed E-state index contributed by atoms with van der Waals surface area (Å²) in [5, 5.41) is 7.27. The van der Waals surface area contributed by atoms with Gasteiger partial charge in [0.05, 0.1) is 16.9 Å². The van der Waals surface area contributed by atoms with Crippen molar-refractivity contribution in [3.05, 3.63) is 95.2 Å². The number of halogens is 2. The molecule has 32 heavy (non-hydrogen) atoms. The van der Waals surface area contributed by atoms with Gasteiger partial charge in [0, 0.05) is 32.1 Å². The minimum absolute atomic E-state index is 0.199. The summed E-state index contributed by atoms with van der Waals surface area (Å²) in [7, 11) is 3.27. The number of nitrogens with one attached hydrogen (secondary N) is 1. The molecule has 1 N–H and O–H groups in total. The smallest absolute Gasteiger partial charge is 0.261 e. The van der Waals surface area contributed by atoms with Crippen molar-refractivity contribution >= 4 is 29.1 Å². The van der Waals surface area contributed by atoms with Crippen LogP contribution >= 0.6 is 11.6 Å². The first-order valence-electron chi connectivity index (χ1n) is 9.65. The molecule has 2 heterocycles. The van der Waals surface area contributed by atoms with Crippen molar-refractivity contribution in [2.45, 2.75) is 0 Å². The number of benzene rings is 2. The molecule has 0 atom stereocenters. The van der Waals surface area contributed by atoms with Gasteiger partial charge in [-0.15, -0.1) is 0 Å². The summed E-state index contributed by atoms with van der Waals surface area (Å²) in [6, 6.07) is 14.4. The van der Waals surface area contributed by atoms with Crippen LogP contribution in [-0.4, -0.2) is 45.2 Å². The average Bonchev–Trinajstić information content (AvgIpc) is 3.44. The summed E-state index contributed by atoms with van der Waals surface area (Å²) < 4.78 is 17.5. The van der Waals surface area contributed by atoms with Crippen LogP contribution in [0.5, 0.6) is 0 Å². The first-order chi connectivity index (χ1) is 15.4. The second-order valence-corrected chi connectivity index (χ2v) is 7.59. The van der Waals surface area contributed by atoms with Gasteiger partial charge in [-0.25, -0.2) is 9.07 Å². The van der Waals surface area contributed by atoms with E-state index in [-0.39, 0.29) is 27.9 Å². The highest BCUT2D eigenvalue weighted by Gasteiger charge is 2.22. The number of hydrogen-bond donors (Lipinski definition) is 1. The summed E-state index contributed by atoms with van der Waals surface area (Å²) in [5.41, 5.74) is 1.06. The molecule has 2 amide bonds. The number of hydrogen-bond acceptors (Lipinski definition) is 3. The van der Waals surface area contributed by atoms with Gasteiger partial charge in [0.15, 0.2) is 5.82 Å². The van der Waals surface area contributed by atoms with Gasteiger partial charge in [0.25, 0.3) is 11.8 Å². The molecular weight excluding hydrogens is 433 g/mol. The molecule has 0 aliphatic heterocycles. The third kappa shape index (κ3) is 4.00. The molecule has 0 fully saturated rings. The fraction of sp³-hybridized carbons (Fsp3) is 0.0870. The van der Waals surface area contributed by atoms with Crippen LogP contribution < -0.4 is 5.32 Å². The Balaban J connectivity index is 1.75. The molecule has 2 aromatic heterocycles. The predicted molar refractivity (Wildman–Crippen MR) is 120 cm³/mol. The zero-order valence-corrected chi connectivity index (χ0v) is 18.0. The number of aromatic nitrogens is 3. The molecule has 0 aliphatic carbocycles. The molecule has 7 nitrogen and oxygen atoms in total. The number of anilines is 1. The second-order valence-electron chi connectivity index (χ2n) is 7.18. The molecule has 0 saturated carbocycles. The van der Waals surface area contributed by atoms with Crippen LogP contribution in [0.1, 0.15) is 20.7 Å². The molecule has 0 radical (unpaired) electrons. The van der Waals surface area contributed by atoms with Crippen LogP contribution in [0.2, 0.25) is 5.02 Å². The van der Waals surface area contributed by atoms with Crippen molar-refractivity contribution in [1.82, 2.24) is 19.2 Å². The van der Waals surface area contributed by atoms with E-state index in [1.165, 1.54) is 27.9 Å². The topological polar surface area (TPSA) is 72.2 Å². The Morgan fingerprint density at radius 1 is 1.06 bits per heavy atom. The predicted octanol–water partition coefficient (Wildman–Crippen LogP) is 4.41. The third-order valence-electron chi connectivity index (χ3n) is 4.79. The minimum atomic E-state index is -0.507. The largest absolute Gasteiger partial charge is 0.345 e. The fourth-order valence-electron chi connectivity index (χ4n) is 3.23. The summed E-state index contributed by atoms with van der Waals surface area (Å²) in [6.45, 7) is 0. The van der Waals surface area contributed by atoms with Crippen LogP contribution in [0.25, 0.3) is 11.5 Å². The van der Waals surface area contributed by atoms with E-state index in [2.05, 4.69) is 10.4 Å².